The molecule has 1 amide bonds. The second kappa shape index (κ2) is 10.0. The van der Waals surface area contributed by atoms with Gasteiger partial charge < -0.3 is 9.47 Å². The van der Waals surface area contributed by atoms with Crippen LogP contribution in [0, 0.1) is 13.8 Å². The van der Waals surface area contributed by atoms with Crippen molar-refractivity contribution in [2.24, 2.45) is 0 Å². The van der Waals surface area contributed by atoms with Gasteiger partial charge in [-0.3, -0.25) is 10.1 Å². The molecule has 3 aromatic rings. The van der Waals surface area contributed by atoms with Crippen molar-refractivity contribution in [3.05, 3.63) is 59.0 Å². The molecule has 0 saturated carbocycles. The molecule has 1 aromatic heterocycles. The van der Waals surface area contributed by atoms with E-state index in [4.69, 9.17) is 9.47 Å². The molecule has 0 radical (unpaired) electrons. The van der Waals surface area contributed by atoms with Gasteiger partial charge in [-0.1, -0.05) is 30.3 Å². The molecule has 174 valence electrons. The monoisotopic (exact) mass is 487 g/mol. The number of aromatic nitrogens is 1. The van der Waals surface area contributed by atoms with Gasteiger partial charge >= 0.3 is 0 Å². The maximum absolute atomic E-state index is 12.8. The number of para-hydroxylation sites is 1. The third-order valence-electron chi connectivity index (χ3n) is 5.26. The number of anilines is 1. The molecular weight excluding hydrogens is 462 g/mol. The fraction of sp³-hybridized carbons (Fsp3) is 0.304. The van der Waals surface area contributed by atoms with Gasteiger partial charge in [-0.2, -0.15) is 4.31 Å². The van der Waals surface area contributed by atoms with E-state index in [0.29, 0.717) is 42.9 Å². The predicted octanol–water partition coefficient (Wildman–Crippen LogP) is 3.47. The van der Waals surface area contributed by atoms with Crippen LogP contribution in [0.25, 0.3) is 11.3 Å². The van der Waals surface area contributed by atoms with E-state index in [1.807, 2.05) is 37.4 Å². The Morgan fingerprint density at radius 1 is 1.12 bits per heavy atom. The quantitative estimate of drug-likeness (QED) is 0.548. The molecule has 0 bridgehead atoms. The smallest absolute Gasteiger partial charge is 0.264 e. The van der Waals surface area contributed by atoms with Gasteiger partial charge in [0.15, 0.2) is 11.7 Å². The van der Waals surface area contributed by atoms with Crippen molar-refractivity contribution in [3.63, 3.8) is 0 Å². The SMILES string of the molecule is Cc1cccc(C)c1OCC(=O)Nc1nc(-c2ccc(S(=O)(=O)N3CCOCC3)cc2)cs1. The zero-order valence-corrected chi connectivity index (χ0v) is 20.0. The van der Waals surface area contributed by atoms with Crippen LogP contribution in [0.15, 0.2) is 52.7 Å². The van der Waals surface area contributed by atoms with E-state index >= 15 is 0 Å². The number of rotatable bonds is 7. The lowest BCUT2D eigenvalue weighted by atomic mass is 10.1. The van der Waals surface area contributed by atoms with E-state index in [9.17, 15) is 13.2 Å². The first-order chi connectivity index (χ1) is 15.8. The van der Waals surface area contributed by atoms with Crippen molar-refractivity contribution >= 4 is 32.4 Å². The normalized spacial score (nSPS) is 14.7. The van der Waals surface area contributed by atoms with Crippen LogP contribution < -0.4 is 10.1 Å². The third-order valence-corrected chi connectivity index (χ3v) is 7.94. The van der Waals surface area contributed by atoms with Gasteiger partial charge in [0.05, 0.1) is 23.8 Å². The minimum absolute atomic E-state index is 0.116. The number of carbonyl (C=O) groups excluding carboxylic acids is 1. The Morgan fingerprint density at radius 2 is 1.79 bits per heavy atom. The van der Waals surface area contributed by atoms with E-state index < -0.39 is 10.0 Å². The van der Waals surface area contributed by atoms with Crippen LogP contribution in [0.4, 0.5) is 5.13 Å². The van der Waals surface area contributed by atoms with Gasteiger partial charge in [0.2, 0.25) is 10.0 Å². The first-order valence-electron chi connectivity index (χ1n) is 10.5. The highest BCUT2D eigenvalue weighted by Crippen LogP contribution is 2.27. The maximum atomic E-state index is 12.8. The molecule has 0 unspecified atom stereocenters. The minimum atomic E-state index is -3.54. The maximum Gasteiger partial charge on any atom is 0.264 e. The lowest BCUT2D eigenvalue weighted by Crippen LogP contribution is -2.40. The Kier molecular flexibility index (Phi) is 7.08. The summed E-state index contributed by atoms with van der Waals surface area (Å²) in [6.45, 7) is 5.27. The summed E-state index contributed by atoms with van der Waals surface area (Å²) in [5.41, 5.74) is 3.36. The molecule has 4 rings (SSSR count). The molecule has 1 fully saturated rings. The Hall–Kier alpha value is -2.79. The van der Waals surface area contributed by atoms with Gasteiger partial charge in [-0.05, 0) is 37.1 Å². The average molecular weight is 488 g/mol. The number of sulfonamides is 1. The number of hydrogen-bond donors (Lipinski definition) is 1. The first-order valence-corrected chi connectivity index (χ1v) is 12.8. The number of ether oxygens (including phenoxy) is 2. The van der Waals surface area contributed by atoms with Crippen molar-refractivity contribution in [2.75, 3.05) is 38.2 Å². The average Bonchev–Trinajstić information content (AvgIpc) is 3.28. The summed E-state index contributed by atoms with van der Waals surface area (Å²) in [5.74, 6) is 0.408. The van der Waals surface area contributed by atoms with Gasteiger partial charge in [0.1, 0.15) is 5.75 Å². The van der Waals surface area contributed by atoms with Crippen molar-refractivity contribution < 1.29 is 22.7 Å². The number of aryl methyl sites for hydroxylation is 2. The van der Waals surface area contributed by atoms with Gasteiger partial charge in [-0.15, -0.1) is 11.3 Å². The topological polar surface area (TPSA) is 97.8 Å². The highest BCUT2D eigenvalue weighted by molar-refractivity contribution is 7.89. The first kappa shape index (κ1) is 23.4. The zero-order valence-electron chi connectivity index (χ0n) is 18.4. The van der Waals surface area contributed by atoms with E-state index in [-0.39, 0.29) is 17.4 Å². The zero-order chi connectivity index (χ0) is 23.4. The van der Waals surface area contributed by atoms with Gasteiger partial charge in [0, 0.05) is 24.0 Å². The van der Waals surface area contributed by atoms with Crippen molar-refractivity contribution in [1.29, 1.82) is 0 Å². The molecule has 2 aromatic carbocycles. The molecule has 0 atom stereocenters. The second-order valence-electron chi connectivity index (χ2n) is 7.64. The lowest BCUT2D eigenvalue weighted by Gasteiger charge is -2.26. The van der Waals surface area contributed by atoms with Crippen LogP contribution in [0.5, 0.6) is 5.75 Å². The van der Waals surface area contributed by atoms with E-state index in [1.165, 1.54) is 15.6 Å². The van der Waals surface area contributed by atoms with Crippen LogP contribution in [0.2, 0.25) is 0 Å². The van der Waals surface area contributed by atoms with Crippen LogP contribution in [-0.2, 0) is 19.6 Å². The largest absolute Gasteiger partial charge is 0.483 e. The molecule has 1 saturated heterocycles. The van der Waals surface area contributed by atoms with Gasteiger partial charge in [-0.25, -0.2) is 13.4 Å². The number of carbonyl (C=O) groups is 1. The van der Waals surface area contributed by atoms with Crippen LogP contribution >= 0.6 is 11.3 Å². The fourth-order valence-corrected chi connectivity index (χ4v) is 5.66. The molecule has 2 heterocycles. The number of nitrogens with one attached hydrogen (secondary N) is 1. The fourth-order valence-electron chi connectivity index (χ4n) is 3.52. The summed E-state index contributed by atoms with van der Waals surface area (Å²) in [5, 5.41) is 5.01. The van der Waals surface area contributed by atoms with E-state index in [2.05, 4.69) is 10.3 Å². The summed E-state index contributed by atoms with van der Waals surface area (Å²) < 4.78 is 37.9. The Bertz CT molecular complexity index is 1210. The molecule has 33 heavy (non-hydrogen) atoms. The number of hydrogen-bond acceptors (Lipinski definition) is 7. The van der Waals surface area contributed by atoms with Crippen LogP contribution in [0.3, 0.4) is 0 Å². The predicted molar refractivity (Wildman–Crippen MR) is 127 cm³/mol. The van der Waals surface area contributed by atoms with Crippen molar-refractivity contribution in [2.45, 2.75) is 18.7 Å². The Labute approximate surface area is 197 Å². The Morgan fingerprint density at radius 3 is 2.45 bits per heavy atom. The van der Waals surface area contributed by atoms with E-state index in [1.54, 1.807) is 24.3 Å². The van der Waals surface area contributed by atoms with Gasteiger partial charge in [0.25, 0.3) is 5.91 Å². The number of morpholine rings is 1. The molecule has 1 aliphatic heterocycles. The van der Waals surface area contributed by atoms with Crippen molar-refractivity contribution in [1.82, 2.24) is 9.29 Å². The summed E-state index contributed by atoms with van der Waals surface area (Å²) in [6.07, 6.45) is 0. The lowest BCUT2D eigenvalue weighted by molar-refractivity contribution is -0.118. The molecular formula is C23H25N3O5S2. The molecule has 10 heteroatoms. The minimum Gasteiger partial charge on any atom is -0.483 e. The molecule has 0 spiro atoms. The standard InChI is InChI=1S/C23H25N3O5S2/c1-16-4-3-5-17(2)22(16)31-14-21(27)25-23-24-20(15-32-23)18-6-8-19(9-7-18)33(28,29)26-10-12-30-13-11-26/h3-9,15H,10-14H2,1-2H3,(H,24,25,27). The number of thiazole rings is 1. The summed E-state index contributed by atoms with van der Waals surface area (Å²) in [7, 11) is -3.54. The van der Waals surface area contributed by atoms with Crippen LogP contribution in [-0.4, -0.2) is 56.5 Å². The van der Waals surface area contributed by atoms with E-state index in [0.717, 1.165) is 16.7 Å². The number of nitrogens with zero attached hydrogens (tertiary/aromatic N) is 2. The summed E-state index contributed by atoms with van der Waals surface area (Å²) >= 11 is 1.29. The highest BCUT2D eigenvalue weighted by atomic mass is 32.2. The van der Waals surface area contributed by atoms with Crippen molar-refractivity contribution in [3.8, 4) is 17.0 Å². The summed E-state index contributed by atoms with van der Waals surface area (Å²) in [6, 6.07) is 12.4. The Balaban J connectivity index is 1.38. The third kappa shape index (κ3) is 5.41. The van der Waals surface area contributed by atoms with Crippen LogP contribution in [0.1, 0.15) is 11.1 Å². The molecule has 1 N–H and O–H groups in total. The second-order valence-corrected chi connectivity index (χ2v) is 10.4. The number of amides is 1. The molecule has 8 nitrogen and oxygen atoms in total. The number of benzene rings is 2. The highest BCUT2D eigenvalue weighted by Gasteiger charge is 2.26. The summed E-state index contributed by atoms with van der Waals surface area (Å²) in [4.78, 5) is 17.0. The molecule has 0 aliphatic carbocycles. The molecule has 1 aliphatic rings.